The van der Waals surface area contributed by atoms with Gasteiger partial charge in [0, 0.05) is 44.7 Å². The highest BCUT2D eigenvalue weighted by molar-refractivity contribution is 5.85. The summed E-state index contributed by atoms with van der Waals surface area (Å²) in [5.74, 6) is 1.84. The van der Waals surface area contributed by atoms with Gasteiger partial charge in [0.25, 0.3) is 0 Å². The van der Waals surface area contributed by atoms with E-state index < -0.39 is 5.41 Å². The van der Waals surface area contributed by atoms with Crippen molar-refractivity contribution >= 4 is 5.91 Å². The second kappa shape index (κ2) is 7.29. The minimum absolute atomic E-state index is 0.104. The minimum atomic E-state index is -0.928. The molecule has 2 saturated heterocycles. The lowest BCUT2D eigenvalue weighted by Gasteiger charge is -2.31. The summed E-state index contributed by atoms with van der Waals surface area (Å²) < 4.78 is 5.35. The molecule has 7 nitrogen and oxygen atoms in total. The molecular weight excluding hydrogens is 330 g/mol. The molecule has 1 amide bonds. The minimum Gasteiger partial charge on any atom is -0.381 e. The van der Waals surface area contributed by atoms with Gasteiger partial charge in [-0.2, -0.15) is 5.26 Å². The summed E-state index contributed by atoms with van der Waals surface area (Å²) in [6, 6.07) is 4.20. The van der Waals surface area contributed by atoms with Gasteiger partial charge in [0.15, 0.2) is 0 Å². The van der Waals surface area contributed by atoms with Crippen molar-refractivity contribution in [2.24, 2.45) is 17.3 Å². The monoisotopic (exact) mass is 355 g/mol. The average Bonchev–Trinajstić information content (AvgIpc) is 3.45. The van der Waals surface area contributed by atoms with E-state index in [-0.39, 0.29) is 11.9 Å². The number of hydrogen-bond acceptors (Lipinski definition) is 6. The van der Waals surface area contributed by atoms with E-state index >= 15 is 0 Å². The summed E-state index contributed by atoms with van der Waals surface area (Å²) in [6.45, 7) is 3.41. The van der Waals surface area contributed by atoms with Crippen molar-refractivity contribution in [1.29, 1.82) is 5.26 Å². The third-order valence-electron chi connectivity index (χ3n) is 5.96. The summed E-state index contributed by atoms with van der Waals surface area (Å²) in [7, 11) is 0. The van der Waals surface area contributed by atoms with Crippen molar-refractivity contribution in [3.8, 4) is 6.07 Å². The van der Waals surface area contributed by atoms with E-state index in [1.165, 1.54) is 12.8 Å². The first-order valence-corrected chi connectivity index (χ1v) is 9.48. The molecule has 138 valence electrons. The van der Waals surface area contributed by atoms with Gasteiger partial charge in [-0.05, 0) is 43.6 Å². The van der Waals surface area contributed by atoms with Crippen molar-refractivity contribution < 1.29 is 9.53 Å². The van der Waals surface area contributed by atoms with Gasteiger partial charge in [0.05, 0.1) is 12.6 Å². The largest absolute Gasteiger partial charge is 0.381 e. The highest BCUT2D eigenvalue weighted by Gasteiger charge is 2.46. The Morgan fingerprint density at radius 3 is 2.69 bits per heavy atom. The Kier molecular flexibility index (Phi) is 4.88. The van der Waals surface area contributed by atoms with Gasteiger partial charge in [0.2, 0.25) is 5.91 Å². The number of nitrogens with zero attached hydrogens (tertiary/aromatic N) is 4. The topological polar surface area (TPSA) is 91.1 Å². The SMILES string of the molecule is N#CC1(C(=O)N[C@H]2CN(Cc3ncccn3)C[C@@H]2C2CC2)CCOCC1. The fourth-order valence-electron chi connectivity index (χ4n) is 4.22. The highest BCUT2D eigenvalue weighted by Crippen LogP contribution is 2.42. The Labute approximate surface area is 153 Å². The van der Waals surface area contributed by atoms with Crippen LogP contribution in [0.4, 0.5) is 0 Å². The Morgan fingerprint density at radius 2 is 2.04 bits per heavy atom. The number of likely N-dealkylation sites (tertiary alicyclic amines) is 1. The number of carbonyl (C=O) groups is 1. The molecule has 1 aromatic heterocycles. The van der Waals surface area contributed by atoms with Gasteiger partial charge in [-0.1, -0.05) is 0 Å². The summed E-state index contributed by atoms with van der Waals surface area (Å²) in [6.07, 6.45) is 6.97. The molecule has 4 rings (SSSR count). The second-order valence-corrected chi connectivity index (χ2v) is 7.75. The maximum absolute atomic E-state index is 12.9. The third-order valence-corrected chi connectivity index (χ3v) is 5.96. The summed E-state index contributed by atoms with van der Waals surface area (Å²) in [4.78, 5) is 23.9. The van der Waals surface area contributed by atoms with Crippen molar-refractivity contribution in [3.05, 3.63) is 24.3 Å². The number of rotatable bonds is 5. The first kappa shape index (κ1) is 17.4. The number of nitrogens with one attached hydrogen (secondary N) is 1. The average molecular weight is 355 g/mol. The Balaban J connectivity index is 1.42. The lowest BCUT2D eigenvalue weighted by atomic mass is 9.80. The predicted octanol–water partition coefficient (Wildman–Crippen LogP) is 1.12. The number of carbonyl (C=O) groups excluding carboxylic acids is 1. The van der Waals surface area contributed by atoms with Crippen LogP contribution in [0.1, 0.15) is 31.5 Å². The standard InChI is InChI=1S/C19H25N5O2/c20-13-19(4-8-26-9-5-19)18(25)23-16-11-24(10-15(16)14-2-3-14)12-17-21-6-1-7-22-17/h1,6-7,14-16H,2-5,8-12H2,(H,23,25)/t15-,16+/m1/s1. The Bertz CT molecular complexity index is 679. The third kappa shape index (κ3) is 3.57. The second-order valence-electron chi connectivity index (χ2n) is 7.75. The van der Waals surface area contributed by atoms with Crippen molar-refractivity contribution in [2.75, 3.05) is 26.3 Å². The maximum atomic E-state index is 12.9. The molecule has 1 saturated carbocycles. The summed E-state index contributed by atoms with van der Waals surface area (Å²) in [5, 5.41) is 12.9. The normalized spacial score (nSPS) is 28.4. The molecule has 1 aromatic rings. The van der Waals surface area contributed by atoms with E-state index in [1.807, 2.05) is 6.07 Å². The highest BCUT2D eigenvalue weighted by atomic mass is 16.5. The quantitative estimate of drug-likeness (QED) is 0.851. The molecule has 2 aliphatic heterocycles. The molecule has 3 fully saturated rings. The first-order valence-electron chi connectivity index (χ1n) is 9.48. The summed E-state index contributed by atoms with van der Waals surface area (Å²) in [5.41, 5.74) is -0.928. The van der Waals surface area contributed by atoms with Crippen LogP contribution in [0.15, 0.2) is 18.5 Å². The molecule has 3 aliphatic rings. The van der Waals surface area contributed by atoms with Crippen LogP contribution in [0.2, 0.25) is 0 Å². The number of amides is 1. The van der Waals surface area contributed by atoms with E-state index in [9.17, 15) is 10.1 Å². The van der Waals surface area contributed by atoms with Gasteiger partial charge in [-0.25, -0.2) is 9.97 Å². The molecule has 0 unspecified atom stereocenters. The van der Waals surface area contributed by atoms with E-state index in [0.717, 1.165) is 18.9 Å². The first-order chi connectivity index (χ1) is 12.7. The van der Waals surface area contributed by atoms with Gasteiger partial charge >= 0.3 is 0 Å². The Hall–Kier alpha value is -2.04. The molecule has 0 spiro atoms. The van der Waals surface area contributed by atoms with E-state index in [2.05, 4.69) is 26.3 Å². The van der Waals surface area contributed by atoms with Gasteiger partial charge in [-0.3, -0.25) is 9.69 Å². The van der Waals surface area contributed by atoms with Crippen LogP contribution < -0.4 is 5.32 Å². The molecule has 26 heavy (non-hydrogen) atoms. The van der Waals surface area contributed by atoms with Crippen molar-refractivity contribution in [2.45, 2.75) is 38.3 Å². The molecule has 3 heterocycles. The van der Waals surface area contributed by atoms with E-state index in [1.54, 1.807) is 12.4 Å². The number of nitriles is 1. The fourth-order valence-corrected chi connectivity index (χ4v) is 4.22. The van der Waals surface area contributed by atoms with Crippen LogP contribution in [0.3, 0.4) is 0 Å². The van der Waals surface area contributed by atoms with Crippen molar-refractivity contribution in [1.82, 2.24) is 20.2 Å². The molecule has 1 aliphatic carbocycles. The number of hydrogen-bond donors (Lipinski definition) is 1. The molecule has 1 N–H and O–H groups in total. The number of ether oxygens (including phenoxy) is 1. The maximum Gasteiger partial charge on any atom is 0.240 e. The van der Waals surface area contributed by atoms with E-state index in [4.69, 9.17) is 4.74 Å². The Morgan fingerprint density at radius 1 is 1.31 bits per heavy atom. The van der Waals surface area contributed by atoms with Crippen LogP contribution in [0.25, 0.3) is 0 Å². The lowest BCUT2D eigenvalue weighted by Crippen LogP contribution is -2.50. The van der Waals surface area contributed by atoms with Crippen molar-refractivity contribution in [3.63, 3.8) is 0 Å². The molecular formula is C19H25N5O2. The van der Waals surface area contributed by atoms with Gasteiger partial charge in [0.1, 0.15) is 11.2 Å². The van der Waals surface area contributed by atoms with Crippen LogP contribution in [0, 0.1) is 28.6 Å². The molecule has 0 radical (unpaired) electrons. The molecule has 0 aromatic carbocycles. The van der Waals surface area contributed by atoms with Crippen LogP contribution in [0.5, 0.6) is 0 Å². The van der Waals surface area contributed by atoms with Gasteiger partial charge in [-0.15, -0.1) is 0 Å². The molecule has 0 bridgehead atoms. The molecule has 7 heteroatoms. The zero-order valence-electron chi connectivity index (χ0n) is 14.9. The molecule has 2 atom stereocenters. The fraction of sp³-hybridized carbons (Fsp3) is 0.684. The zero-order chi connectivity index (χ0) is 18.0. The van der Waals surface area contributed by atoms with Crippen LogP contribution >= 0.6 is 0 Å². The number of aromatic nitrogens is 2. The predicted molar refractivity (Wildman–Crippen MR) is 93.6 cm³/mol. The zero-order valence-corrected chi connectivity index (χ0v) is 14.9. The lowest BCUT2D eigenvalue weighted by molar-refractivity contribution is -0.133. The van der Waals surface area contributed by atoms with E-state index in [0.29, 0.717) is 44.4 Å². The summed E-state index contributed by atoms with van der Waals surface area (Å²) >= 11 is 0. The van der Waals surface area contributed by atoms with Crippen LogP contribution in [-0.4, -0.2) is 53.1 Å². The van der Waals surface area contributed by atoms with Gasteiger partial charge < -0.3 is 10.1 Å². The smallest absolute Gasteiger partial charge is 0.240 e. The van der Waals surface area contributed by atoms with Crippen LogP contribution in [-0.2, 0) is 16.1 Å².